The summed E-state index contributed by atoms with van der Waals surface area (Å²) in [6, 6.07) is 22.6. The number of hydrogen-bond acceptors (Lipinski definition) is 3. The van der Waals surface area contributed by atoms with Crippen molar-refractivity contribution in [2.24, 2.45) is 0 Å². The van der Waals surface area contributed by atoms with Gasteiger partial charge in [0.25, 0.3) is 0 Å². The van der Waals surface area contributed by atoms with Crippen LogP contribution in [0.3, 0.4) is 0 Å². The minimum absolute atomic E-state index is 0.112. The summed E-state index contributed by atoms with van der Waals surface area (Å²) in [5.74, 6) is -0.175. The molecule has 0 saturated heterocycles. The predicted molar refractivity (Wildman–Crippen MR) is 137 cm³/mol. The van der Waals surface area contributed by atoms with E-state index in [-0.39, 0.29) is 24.6 Å². The standard InChI is InChI=1S/C30H25F2NO3/c1-36-27-12-5-21(6-13-27)16-30(35)33-19-23-18-25(32)9-15-29(23)28-14-8-24(31)17-22(28)7-2-20-3-10-26(34)11-4-20/h2-15,17-18,34H,16,19H2,1H3,(H,33,35). The fourth-order valence-corrected chi connectivity index (χ4v) is 3.84. The molecule has 36 heavy (non-hydrogen) atoms. The second-order valence-electron chi connectivity index (χ2n) is 8.26. The van der Waals surface area contributed by atoms with Crippen LogP contribution in [0, 0.1) is 11.6 Å². The van der Waals surface area contributed by atoms with Crippen molar-refractivity contribution in [2.45, 2.75) is 13.0 Å². The van der Waals surface area contributed by atoms with Crippen LogP contribution in [0.2, 0.25) is 0 Å². The average molecular weight is 486 g/mol. The maximum absolute atomic E-state index is 14.2. The van der Waals surface area contributed by atoms with E-state index in [0.29, 0.717) is 28.0 Å². The van der Waals surface area contributed by atoms with E-state index >= 15 is 0 Å². The van der Waals surface area contributed by atoms with E-state index in [1.807, 2.05) is 12.1 Å². The SMILES string of the molecule is COc1ccc(CC(=O)NCc2cc(F)ccc2-c2ccc(F)cc2C=Cc2ccc(O)cc2)cc1. The molecule has 0 heterocycles. The fourth-order valence-electron chi connectivity index (χ4n) is 3.84. The highest BCUT2D eigenvalue weighted by atomic mass is 19.1. The predicted octanol–water partition coefficient (Wildman–Crippen LogP) is 6.38. The topological polar surface area (TPSA) is 58.6 Å². The molecule has 0 atom stereocenters. The number of phenols is 1. The molecule has 0 spiro atoms. The Balaban J connectivity index is 1.56. The number of ether oxygens (including phenoxy) is 1. The van der Waals surface area contributed by atoms with Gasteiger partial charge in [0.2, 0.25) is 5.91 Å². The first-order chi connectivity index (χ1) is 17.4. The first kappa shape index (κ1) is 24.7. The molecule has 0 aliphatic heterocycles. The second-order valence-corrected chi connectivity index (χ2v) is 8.26. The van der Waals surface area contributed by atoms with Gasteiger partial charge in [-0.15, -0.1) is 0 Å². The Morgan fingerprint density at radius 1 is 0.861 bits per heavy atom. The highest BCUT2D eigenvalue weighted by Gasteiger charge is 2.12. The van der Waals surface area contributed by atoms with Gasteiger partial charge >= 0.3 is 0 Å². The molecule has 0 aliphatic rings. The number of benzene rings is 4. The molecule has 0 radical (unpaired) electrons. The number of amides is 1. The quantitative estimate of drug-likeness (QED) is 0.285. The van der Waals surface area contributed by atoms with Crippen LogP contribution in [-0.4, -0.2) is 18.1 Å². The second kappa shape index (κ2) is 11.3. The fraction of sp³-hybridized carbons (Fsp3) is 0.100. The Bertz CT molecular complexity index is 1380. The van der Waals surface area contributed by atoms with Crippen LogP contribution in [0.1, 0.15) is 22.3 Å². The Morgan fingerprint density at radius 3 is 2.22 bits per heavy atom. The van der Waals surface area contributed by atoms with Gasteiger partial charge in [-0.05, 0) is 81.9 Å². The van der Waals surface area contributed by atoms with E-state index in [1.165, 1.54) is 24.3 Å². The monoisotopic (exact) mass is 485 g/mol. The smallest absolute Gasteiger partial charge is 0.224 e. The summed E-state index contributed by atoms with van der Waals surface area (Å²) in [6.07, 6.45) is 3.74. The van der Waals surface area contributed by atoms with Gasteiger partial charge in [0.05, 0.1) is 13.5 Å². The lowest BCUT2D eigenvalue weighted by molar-refractivity contribution is -0.120. The molecule has 0 saturated carbocycles. The summed E-state index contributed by atoms with van der Waals surface area (Å²) in [5, 5.41) is 12.3. The molecule has 0 bridgehead atoms. The number of aromatic hydroxyl groups is 1. The lowest BCUT2D eigenvalue weighted by Crippen LogP contribution is -2.25. The third kappa shape index (κ3) is 6.36. The molecule has 4 rings (SSSR count). The summed E-state index contributed by atoms with van der Waals surface area (Å²) in [6.45, 7) is 0.112. The molecule has 0 unspecified atom stereocenters. The lowest BCUT2D eigenvalue weighted by Gasteiger charge is -2.14. The molecule has 4 aromatic rings. The third-order valence-corrected chi connectivity index (χ3v) is 5.72. The van der Waals surface area contributed by atoms with Crippen molar-refractivity contribution in [3.8, 4) is 22.6 Å². The molecule has 0 aromatic heterocycles. The summed E-state index contributed by atoms with van der Waals surface area (Å²) in [4.78, 5) is 12.6. The van der Waals surface area contributed by atoms with E-state index < -0.39 is 11.6 Å². The number of rotatable bonds is 8. The lowest BCUT2D eigenvalue weighted by atomic mass is 9.94. The number of phenolic OH excluding ortho intramolecular Hbond substituents is 1. The van der Waals surface area contributed by atoms with E-state index in [2.05, 4.69) is 5.32 Å². The maximum atomic E-state index is 14.2. The van der Waals surface area contributed by atoms with Crippen molar-refractivity contribution in [1.82, 2.24) is 5.32 Å². The average Bonchev–Trinajstić information content (AvgIpc) is 2.88. The van der Waals surface area contributed by atoms with Crippen molar-refractivity contribution in [1.29, 1.82) is 0 Å². The zero-order chi connectivity index (χ0) is 25.5. The van der Waals surface area contributed by atoms with Gasteiger partial charge in [-0.1, -0.05) is 48.6 Å². The Kier molecular flexibility index (Phi) is 7.75. The minimum atomic E-state index is -0.429. The number of carbonyl (C=O) groups excluding carboxylic acids is 1. The zero-order valence-electron chi connectivity index (χ0n) is 19.7. The number of carbonyl (C=O) groups is 1. The molecular formula is C30H25F2NO3. The van der Waals surface area contributed by atoms with Crippen LogP contribution in [-0.2, 0) is 17.8 Å². The van der Waals surface area contributed by atoms with E-state index in [4.69, 9.17) is 4.74 Å². The van der Waals surface area contributed by atoms with Gasteiger partial charge in [0.1, 0.15) is 23.1 Å². The molecule has 182 valence electrons. The normalized spacial score (nSPS) is 11.0. The molecule has 4 nitrogen and oxygen atoms in total. The molecule has 2 N–H and O–H groups in total. The van der Waals surface area contributed by atoms with Crippen LogP contribution in [0.15, 0.2) is 84.9 Å². The van der Waals surface area contributed by atoms with Gasteiger partial charge in [-0.25, -0.2) is 8.78 Å². The molecule has 0 fully saturated rings. The molecular weight excluding hydrogens is 460 g/mol. The molecule has 4 aromatic carbocycles. The Morgan fingerprint density at radius 2 is 1.53 bits per heavy atom. The summed E-state index contributed by atoms with van der Waals surface area (Å²) in [7, 11) is 1.58. The van der Waals surface area contributed by atoms with Crippen LogP contribution < -0.4 is 10.1 Å². The molecule has 6 heteroatoms. The van der Waals surface area contributed by atoms with E-state index in [1.54, 1.807) is 67.8 Å². The summed E-state index contributed by atoms with van der Waals surface area (Å²) in [5.41, 5.74) is 4.21. The highest BCUT2D eigenvalue weighted by molar-refractivity contribution is 5.83. The van der Waals surface area contributed by atoms with Crippen molar-refractivity contribution in [2.75, 3.05) is 7.11 Å². The van der Waals surface area contributed by atoms with Crippen LogP contribution in [0.25, 0.3) is 23.3 Å². The Hall–Kier alpha value is -4.45. The van der Waals surface area contributed by atoms with Crippen molar-refractivity contribution >= 4 is 18.1 Å². The van der Waals surface area contributed by atoms with Crippen molar-refractivity contribution in [3.63, 3.8) is 0 Å². The van der Waals surface area contributed by atoms with Crippen molar-refractivity contribution in [3.05, 3.63) is 119 Å². The van der Waals surface area contributed by atoms with Crippen LogP contribution >= 0.6 is 0 Å². The van der Waals surface area contributed by atoms with Gasteiger partial charge in [-0.2, -0.15) is 0 Å². The van der Waals surface area contributed by atoms with Gasteiger partial charge < -0.3 is 15.2 Å². The van der Waals surface area contributed by atoms with Gasteiger partial charge in [-0.3, -0.25) is 4.79 Å². The molecule has 1 amide bonds. The maximum Gasteiger partial charge on any atom is 0.224 e. The molecule has 0 aliphatic carbocycles. The van der Waals surface area contributed by atoms with Crippen LogP contribution in [0.5, 0.6) is 11.5 Å². The van der Waals surface area contributed by atoms with E-state index in [9.17, 15) is 18.7 Å². The first-order valence-corrected chi connectivity index (χ1v) is 11.4. The summed E-state index contributed by atoms with van der Waals surface area (Å²) >= 11 is 0. The zero-order valence-corrected chi connectivity index (χ0v) is 19.7. The number of hydrogen-bond donors (Lipinski definition) is 2. The third-order valence-electron chi connectivity index (χ3n) is 5.72. The van der Waals surface area contributed by atoms with E-state index in [0.717, 1.165) is 11.1 Å². The minimum Gasteiger partial charge on any atom is -0.508 e. The van der Waals surface area contributed by atoms with Crippen molar-refractivity contribution < 1.29 is 23.4 Å². The summed E-state index contributed by atoms with van der Waals surface area (Å²) < 4.78 is 33.4. The Labute approximate surface area is 208 Å². The van der Waals surface area contributed by atoms with Gasteiger partial charge in [0, 0.05) is 6.54 Å². The number of methoxy groups -OCH3 is 1. The first-order valence-electron chi connectivity index (χ1n) is 11.4. The van der Waals surface area contributed by atoms with Crippen LogP contribution in [0.4, 0.5) is 8.78 Å². The largest absolute Gasteiger partial charge is 0.508 e. The van der Waals surface area contributed by atoms with Gasteiger partial charge in [0.15, 0.2) is 0 Å². The number of nitrogens with one attached hydrogen (secondary N) is 1. The number of halogens is 2. The highest BCUT2D eigenvalue weighted by Crippen LogP contribution is 2.30.